The fourth-order valence-electron chi connectivity index (χ4n) is 1.33. The zero-order chi connectivity index (χ0) is 10.7. The molecule has 1 aromatic carbocycles. The molecular weight excluding hydrogens is 228 g/mol. The molecule has 1 heterocycles. The minimum atomic E-state index is 0.244. The number of halogens is 1. The Morgan fingerprint density at radius 3 is 2.67 bits per heavy atom. The summed E-state index contributed by atoms with van der Waals surface area (Å²) in [7, 11) is 0. The molecule has 1 aromatic heterocycles. The first-order chi connectivity index (χ1) is 7.25. The number of anilines is 1. The zero-order valence-corrected chi connectivity index (χ0v) is 9.85. The van der Waals surface area contributed by atoms with E-state index in [0.717, 1.165) is 5.13 Å². The van der Waals surface area contributed by atoms with E-state index in [0.29, 0.717) is 5.15 Å². The highest BCUT2D eigenvalue weighted by atomic mass is 35.5. The van der Waals surface area contributed by atoms with Crippen LogP contribution in [0.4, 0.5) is 5.13 Å². The number of nitrogens with one attached hydrogen (secondary N) is 1. The lowest BCUT2D eigenvalue weighted by Crippen LogP contribution is -2.05. The molecule has 0 bridgehead atoms. The Kier molecular flexibility index (Phi) is 3.23. The molecule has 0 aliphatic rings. The van der Waals surface area contributed by atoms with Crippen LogP contribution >= 0.6 is 22.9 Å². The summed E-state index contributed by atoms with van der Waals surface area (Å²) in [5.41, 5.74) is 1.24. The van der Waals surface area contributed by atoms with Crippen LogP contribution in [0.2, 0.25) is 5.15 Å². The Bertz CT molecular complexity index is 427. The number of aromatic nitrogens is 1. The first kappa shape index (κ1) is 10.5. The van der Waals surface area contributed by atoms with E-state index >= 15 is 0 Å². The van der Waals surface area contributed by atoms with Crippen molar-refractivity contribution in [3.63, 3.8) is 0 Å². The standard InChI is InChI=1S/C11H11ClN2S/c1-8(9-5-3-2-4-6-9)13-11-14-10(12)7-15-11/h2-8H,1H3,(H,13,14). The number of thiazole rings is 1. The molecule has 2 rings (SSSR count). The van der Waals surface area contributed by atoms with Gasteiger partial charge in [-0.15, -0.1) is 11.3 Å². The molecule has 1 unspecified atom stereocenters. The van der Waals surface area contributed by atoms with E-state index < -0.39 is 0 Å². The van der Waals surface area contributed by atoms with Gasteiger partial charge in [-0.05, 0) is 12.5 Å². The lowest BCUT2D eigenvalue weighted by Gasteiger charge is -2.12. The number of hydrogen-bond acceptors (Lipinski definition) is 3. The quantitative estimate of drug-likeness (QED) is 0.875. The highest BCUT2D eigenvalue weighted by molar-refractivity contribution is 7.14. The molecule has 2 nitrogen and oxygen atoms in total. The average Bonchev–Trinajstić information content (AvgIpc) is 2.65. The van der Waals surface area contributed by atoms with Gasteiger partial charge in [0.25, 0.3) is 0 Å². The molecule has 4 heteroatoms. The summed E-state index contributed by atoms with van der Waals surface area (Å²) in [6, 6.07) is 10.5. The fraction of sp³-hybridized carbons (Fsp3) is 0.182. The predicted octanol–water partition coefficient (Wildman–Crippen LogP) is 3.97. The molecule has 0 amide bonds. The van der Waals surface area contributed by atoms with E-state index in [4.69, 9.17) is 11.6 Å². The van der Waals surface area contributed by atoms with Crippen LogP contribution in [-0.4, -0.2) is 4.98 Å². The highest BCUT2D eigenvalue weighted by Gasteiger charge is 2.06. The molecule has 0 aliphatic heterocycles. The molecule has 15 heavy (non-hydrogen) atoms. The molecule has 2 aromatic rings. The third-order valence-corrected chi connectivity index (χ3v) is 3.21. The van der Waals surface area contributed by atoms with E-state index in [1.807, 2.05) is 23.6 Å². The minimum absolute atomic E-state index is 0.244. The largest absolute Gasteiger partial charge is 0.355 e. The van der Waals surface area contributed by atoms with Crippen molar-refractivity contribution in [2.75, 3.05) is 5.32 Å². The lowest BCUT2D eigenvalue weighted by molar-refractivity contribution is 0.882. The lowest BCUT2D eigenvalue weighted by atomic mass is 10.1. The molecule has 0 spiro atoms. The van der Waals surface area contributed by atoms with E-state index in [1.54, 1.807) is 0 Å². The summed E-state index contributed by atoms with van der Waals surface area (Å²) in [6.45, 7) is 2.10. The summed E-state index contributed by atoms with van der Waals surface area (Å²) in [4.78, 5) is 4.15. The third kappa shape index (κ3) is 2.70. The van der Waals surface area contributed by atoms with E-state index in [9.17, 15) is 0 Å². The van der Waals surface area contributed by atoms with E-state index in [1.165, 1.54) is 16.9 Å². The second-order valence-electron chi connectivity index (χ2n) is 3.25. The molecule has 0 aliphatic carbocycles. The Labute approximate surface area is 97.9 Å². The second-order valence-corrected chi connectivity index (χ2v) is 4.50. The van der Waals surface area contributed by atoms with Crippen molar-refractivity contribution in [2.24, 2.45) is 0 Å². The topological polar surface area (TPSA) is 24.9 Å². The van der Waals surface area contributed by atoms with Crippen LogP contribution in [0, 0.1) is 0 Å². The Morgan fingerprint density at radius 2 is 2.07 bits per heavy atom. The molecule has 0 fully saturated rings. The van der Waals surface area contributed by atoms with Crippen molar-refractivity contribution in [3.8, 4) is 0 Å². The predicted molar refractivity (Wildman–Crippen MR) is 65.6 cm³/mol. The maximum absolute atomic E-state index is 5.75. The normalized spacial score (nSPS) is 12.4. The highest BCUT2D eigenvalue weighted by Crippen LogP contribution is 2.23. The Hall–Kier alpha value is -1.06. The first-order valence-electron chi connectivity index (χ1n) is 4.68. The summed E-state index contributed by atoms with van der Waals surface area (Å²) >= 11 is 7.27. The molecule has 1 atom stereocenters. The summed E-state index contributed by atoms with van der Waals surface area (Å²) < 4.78 is 0. The van der Waals surface area contributed by atoms with Gasteiger partial charge in [-0.25, -0.2) is 4.98 Å². The van der Waals surface area contributed by atoms with Crippen LogP contribution < -0.4 is 5.32 Å². The zero-order valence-electron chi connectivity index (χ0n) is 8.27. The fourth-order valence-corrected chi connectivity index (χ4v) is 2.26. The van der Waals surface area contributed by atoms with E-state index in [2.05, 4.69) is 29.4 Å². The summed E-state index contributed by atoms with van der Waals surface area (Å²) in [6.07, 6.45) is 0. The summed E-state index contributed by atoms with van der Waals surface area (Å²) in [5.74, 6) is 0. The molecule has 0 saturated carbocycles. The van der Waals surface area contributed by atoms with Crippen molar-refractivity contribution >= 4 is 28.1 Å². The average molecular weight is 239 g/mol. The van der Waals surface area contributed by atoms with Gasteiger partial charge in [0, 0.05) is 5.38 Å². The molecular formula is C11H11ClN2S. The Morgan fingerprint density at radius 1 is 1.33 bits per heavy atom. The van der Waals surface area contributed by atoms with Gasteiger partial charge in [0.2, 0.25) is 0 Å². The van der Waals surface area contributed by atoms with Crippen LogP contribution in [0.3, 0.4) is 0 Å². The van der Waals surface area contributed by atoms with Crippen LogP contribution in [0.5, 0.6) is 0 Å². The van der Waals surface area contributed by atoms with Gasteiger partial charge in [-0.3, -0.25) is 0 Å². The maximum atomic E-state index is 5.75. The molecule has 1 N–H and O–H groups in total. The van der Waals surface area contributed by atoms with Crippen molar-refractivity contribution < 1.29 is 0 Å². The van der Waals surface area contributed by atoms with Crippen molar-refractivity contribution in [2.45, 2.75) is 13.0 Å². The molecule has 0 saturated heterocycles. The van der Waals surface area contributed by atoms with Gasteiger partial charge >= 0.3 is 0 Å². The smallest absolute Gasteiger partial charge is 0.184 e. The monoisotopic (exact) mass is 238 g/mol. The minimum Gasteiger partial charge on any atom is -0.355 e. The van der Waals surface area contributed by atoms with Crippen LogP contribution in [0.25, 0.3) is 0 Å². The number of benzene rings is 1. The molecule has 78 valence electrons. The first-order valence-corrected chi connectivity index (χ1v) is 5.94. The van der Waals surface area contributed by atoms with Crippen LogP contribution in [-0.2, 0) is 0 Å². The number of hydrogen-bond donors (Lipinski definition) is 1. The summed E-state index contributed by atoms with van der Waals surface area (Å²) in [5, 5.41) is 6.52. The number of rotatable bonds is 3. The van der Waals surface area contributed by atoms with Crippen LogP contribution in [0.1, 0.15) is 18.5 Å². The second kappa shape index (κ2) is 4.64. The van der Waals surface area contributed by atoms with Crippen LogP contribution in [0.15, 0.2) is 35.7 Å². The van der Waals surface area contributed by atoms with Gasteiger partial charge in [-0.2, -0.15) is 0 Å². The van der Waals surface area contributed by atoms with Gasteiger partial charge in [-0.1, -0.05) is 41.9 Å². The number of nitrogens with zero attached hydrogens (tertiary/aromatic N) is 1. The van der Waals surface area contributed by atoms with Gasteiger partial charge in [0.15, 0.2) is 5.13 Å². The third-order valence-electron chi connectivity index (χ3n) is 2.12. The van der Waals surface area contributed by atoms with E-state index in [-0.39, 0.29) is 6.04 Å². The van der Waals surface area contributed by atoms with Crippen molar-refractivity contribution in [3.05, 3.63) is 46.4 Å². The van der Waals surface area contributed by atoms with Gasteiger partial charge in [0.1, 0.15) is 5.15 Å². The molecule has 0 radical (unpaired) electrons. The van der Waals surface area contributed by atoms with Crippen molar-refractivity contribution in [1.82, 2.24) is 4.98 Å². The van der Waals surface area contributed by atoms with Gasteiger partial charge < -0.3 is 5.32 Å². The Balaban J connectivity index is 2.07. The van der Waals surface area contributed by atoms with Gasteiger partial charge in [0.05, 0.1) is 6.04 Å². The maximum Gasteiger partial charge on any atom is 0.184 e. The van der Waals surface area contributed by atoms with Crippen molar-refractivity contribution in [1.29, 1.82) is 0 Å². The SMILES string of the molecule is CC(Nc1nc(Cl)cs1)c1ccccc1.